The number of ether oxygens (including phenoxy) is 1. The average molecular weight is 510 g/mol. The number of carbonyl (C=O) groups is 2. The van der Waals surface area contributed by atoms with Gasteiger partial charge in [0.2, 0.25) is 0 Å². The fourth-order valence-corrected chi connectivity index (χ4v) is 4.35. The molecule has 0 bridgehead atoms. The Morgan fingerprint density at radius 2 is 1.89 bits per heavy atom. The summed E-state index contributed by atoms with van der Waals surface area (Å²) in [7, 11) is 0. The van der Waals surface area contributed by atoms with Gasteiger partial charge in [0.1, 0.15) is 11.8 Å². The Labute approximate surface area is 205 Å². The summed E-state index contributed by atoms with van der Waals surface area (Å²) in [5.74, 6) is -2.92. The first-order valence-electron chi connectivity index (χ1n) is 11.6. The maximum Gasteiger partial charge on any atom is 0.414 e. The van der Waals surface area contributed by atoms with Gasteiger partial charge < -0.3 is 15.4 Å². The summed E-state index contributed by atoms with van der Waals surface area (Å²) in [6, 6.07) is 9.58. The minimum atomic E-state index is -3.09. The molecule has 2 aromatic rings. The molecule has 1 amide bonds. The lowest BCUT2D eigenvalue weighted by Crippen LogP contribution is -2.38. The Morgan fingerprint density at radius 1 is 1.14 bits per heavy atom. The molecule has 12 heteroatoms. The fraction of sp³-hybridized carbons (Fsp3) is 0.417. The number of nitrogens with two attached hydrogens (primary N) is 1. The van der Waals surface area contributed by atoms with Crippen LogP contribution in [0.25, 0.3) is 0 Å². The smallest absolute Gasteiger partial charge is 0.414 e. The third-order valence-corrected chi connectivity index (χ3v) is 6.14. The molecule has 36 heavy (non-hydrogen) atoms. The third kappa shape index (κ3) is 6.05. The van der Waals surface area contributed by atoms with Crippen LogP contribution >= 0.6 is 0 Å². The number of benzene rings is 2. The van der Waals surface area contributed by atoms with Gasteiger partial charge in [-0.15, -0.1) is 0 Å². The maximum absolute atomic E-state index is 15.1. The molecule has 8 nitrogen and oxygen atoms in total. The normalized spacial score (nSPS) is 19.0. The number of alkyl halides is 2. The number of nitrogens with one attached hydrogen (secondary N) is 1. The Morgan fingerprint density at radius 3 is 2.58 bits per heavy atom. The van der Waals surface area contributed by atoms with E-state index in [2.05, 4.69) is 5.43 Å². The predicted octanol–water partition coefficient (Wildman–Crippen LogP) is 3.31. The molecule has 0 spiro atoms. The van der Waals surface area contributed by atoms with Gasteiger partial charge in [-0.2, -0.15) is 0 Å². The van der Waals surface area contributed by atoms with Crippen LogP contribution in [-0.2, 0) is 16.1 Å². The number of ketones is 1. The third-order valence-electron chi connectivity index (χ3n) is 6.14. The van der Waals surface area contributed by atoms with E-state index < -0.39 is 42.5 Å². The van der Waals surface area contributed by atoms with Gasteiger partial charge in [0.25, 0.3) is 6.43 Å². The number of rotatable bonds is 8. The highest BCUT2D eigenvalue weighted by atomic mass is 19.3. The Hall–Kier alpha value is -3.38. The molecule has 2 saturated heterocycles. The molecule has 2 fully saturated rings. The van der Waals surface area contributed by atoms with E-state index in [9.17, 15) is 18.4 Å². The highest BCUT2D eigenvalue weighted by Gasteiger charge is 2.34. The lowest BCUT2D eigenvalue weighted by Gasteiger charge is -2.25. The van der Waals surface area contributed by atoms with Gasteiger partial charge in [-0.3, -0.25) is 15.1 Å². The molecular weight excluding hydrogens is 482 g/mol. The zero-order valence-corrected chi connectivity index (χ0v) is 19.4. The summed E-state index contributed by atoms with van der Waals surface area (Å²) >= 11 is 0. The SMILES string of the molecule is Nc1cccc(CN2CCN(c3c(F)cc(N4C[C@H](CCC(=O)C(F)F)OC4=O)cc3F)CCN2)c1. The topological polar surface area (TPSA) is 91.1 Å². The van der Waals surface area contributed by atoms with Crippen molar-refractivity contribution in [3.05, 3.63) is 53.6 Å². The lowest BCUT2D eigenvalue weighted by molar-refractivity contribution is -0.129. The van der Waals surface area contributed by atoms with Gasteiger partial charge in [-0.1, -0.05) is 12.1 Å². The van der Waals surface area contributed by atoms with Crippen molar-refractivity contribution < 1.29 is 31.9 Å². The minimum Gasteiger partial charge on any atom is -0.444 e. The Bertz CT molecular complexity index is 1100. The number of carbonyl (C=O) groups excluding carboxylic acids is 2. The number of hydrazine groups is 1. The molecule has 2 aliphatic heterocycles. The number of nitrogen functional groups attached to an aromatic ring is 1. The molecule has 194 valence electrons. The average Bonchev–Trinajstić information content (AvgIpc) is 3.04. The van der Waals surface area contributed by atoms with Gasteiger partial charge in [-0.25, -0.2) is 27.4 Å². The summed E-state index contributed by atoms with van der Waals surface area (Å²) in [4.78, 5) is 26.0. The quantitative estimate of drug-likeness (QED) is 0.417. The second-order valence-corrected chi connectivity index (χ2v) is 8.74. The number of cyclic esters (lactones) is 1. The minimum absolute atomic E-state index is 0.0438. The molecule has 4 rings (SSSR count). The number of amides is 1. The van der Waals surface area contributed by atoms with Crippen LogP contribution in [-0.4, -0.2) is 62.1 Å². The van der Waals surface area contributed by atoms with Crippen LogP contribution in [0, 0.1) is 11.6 Å². The van der Waals surface area contributed by atoms with E-state index in [1.165, 1.54) is 0 Å². The number of nitrogens with zero attached hydrogens (tertiary/aromatic N) is 3. The molecule has 2 aromatic carbocycles. The van der Waals surface area contributed by atoms with Crippen molar-refractivity contribution in [1.29, 1.82) is 0 Å². The largest absolute Gasteiger partial charge is 0.444 e. The second-order valence-electron chi connectivity index (χ2n) is 8.74. The summed E-state index contributed by atoms with van der Waals surface area (Å²) in [5.41, 5.74) is 10.5. The van der Waals surface area contributed by atoms with Crippen LogP contribution < -0.4 is 21.0 Å². The Kier molecular flexibility index (Phi) is 7.94. The predicted molar refractivity (Wildman–Crippen MR) is 126 cm³/mol. The van der Waals surface area contributed by atoms with E-state index in [4.69, 9.17) is 10.5 Å². The van der Waals surface area contributed by atoms with Gasteiger partial charge in [0, 0.05) is 57.0 Å². The number of Topliss-reactive ketones (excluding diaryl/α,β-unsaturated/α-hetero) is 1. The van der Waals surface area contributed by atoms with E-state index in [0.717, 1.165) is 22.6 Å². The monoisotopic (exact) mass is 509 g/mol. The number of hydrogen-bond acceptors (Lipinski definition) is 7. The van der Waals surface area contributed by atoms with Crippen molar-refractivity contribution in [3.8, 4) is 0 Å². The zero-order valence-electron chi connectivity index (χ0n) is 19.4. The molecule has 0 radical (unpaired) electrons. The van der Waals surface area contributed by atoms with Crippen LogP contribution in [0.1, 0.15) is 18.4 Å². The van der Waals surface area contributed by atoms with E-state index in [1.807, 2.05) is 23.2 Å². The summed E-state index contributed by atoms with van der Waals surface area (Å²) in [6.45, 7) is 2.14. The molecule has 0 aromatic heterocycles. The molecule has 3 N–H and O–H groups in total. The maximum atomic E-state index is 15.1. The highest BCUT2D eigenvalue weighted by molar-refractivity contribution is 5.90. The molecule has 2 aliphatic rings. The summed E-state index contributed by atoms with van der Waals surface area (Å²) in [5, 5.41) is 1.96. The molecule has 1 atom stereocenters. The fourth-order valence-electron chi connectivity index (χ4n) is 4.35. The van der Waals surface area contributed by atoms with Crippen molar-refractivity contribution in [2.45, 2.75) is 31.9 Å². The van der Waals surface area contributed by atoms with Gasteiger partial charge >= 0.3 is 6.09 Å². The number of hydrogen-bond donors (Lipinski definition) is 2. The van der Waals surface area contributed by atoms with Crippen molar-refractivity contribution in [2.75, 3.05) is 48.3 Å². The van der Waals surface area contributed by atoms with Crippen LogP contribution in [0.2, 0.25) is 0 Å². The lowest BCUT2D eigenvalue weighted by atomic mass is 10.1. The van der Waals surface area contributed by atoms with Crippen molar-refractivity contribution >= 4 is 28.9 Å². The molecule has 0 unspecified atom stereocenters. The first-order valence-corrected chi connectivity index (χ1v) is 11.6. The molecular formula is C24H27F4N5O3. The van der Waals surface area contributed by atoms with Crippen molar-refractivity contribution in [3.63, 3.8) is 0 Å². The first-order chi connectivity index (χ1) is 17.2. The number of halogens is 4. The second kappa shape index (κ2) is 11.1. The van der Waals surface area contributed by atoms with Gasteiger partial charge in [0.05, 0.1) is 12.2 Å². The van der Waals surface area contributed by atoms with E-state index >= 15 is 8.78 Å². The van der Waals surface area contributed by atoms with E-state index in [1.54, 1.807) is 11.0 Å². The van der Waals surface area contributed by atoms with Gasteiger partial charge in [0.15, 0.2) is 17.4 Å². The van der Waals surface area contributed by atoms with Crippen molar-refractivity contribution in [1.82, 2.24) is 10.4 Å². The molecule has 0 saturated carbocycles. The van der Waals surface area contributed by atoms with Crippen molar-refractivity contribution in [2.24, 2.45) is 0 Å². The molecule has 0 aliphatic carbocycles. The number of anilines is 3. The van der Waals surface area contributed by atoms with E-state index in [-0.39, 0.29) is 24.3 Å². The zero-order chi connectivity index (χ0) is 25.8. The Balaban J connectivity index is 1.40. The first kappa shape index (κ1) is 25.7. The standard InChI is InChI=1S/C24H27F4N5O3/c25-19-11-17(33-14-18(36-24(33)35)4-5-21(34)23(27)28)12-20(26)22(19)31-7-6-30-32(9-8-31)13-15-2-1-3-16(29)10-15/h1-3,10-12,18,23,30H,4-9,13-14,29H2/t18-/m0/s1. The van der Waals surface area contributed by atoms with E-state index in [0.29, 0.717) is 38.4 Å². The van der Waals surface area contributed by atoms with Crippen LogP contribution in [0.3, 0.4) is 0 Å². The van der Waals surface area contributed by atoms with Gasteiger partial charge in [-0.05, 0) is 24.1 Å². The highest BCUT2D eigenvalue weighted by Crippen LogP contribution is 2.32. The van der Waals surface area contributed by atoms with Crippen LogP contribution in [0.15, 0.2) is 36.4 Å². The summed E-state index contributed by atoms with van der Waals surface area (Å²) in [6.07, 6.45) is -5.32. The molecule has 2 heterocycles. The van der Waals surface area contributed by atoms with Crippen LogP contribution in [0.4, 0.5) is 39.4 Å². The summed E-state index contributed by atoms with van der Waals surface area (Å²) < 4.78 is 60.1. The van der Waals surface area contributed by atoms with Crippen LogP contribution in [0.5, 0.6) is 0 Å².